The van der Waals surface area contributed by atoms with E-state index >= 15 is 0 Å². The van der Waals surface area contributed by atoms with E-state index in [1.165, 1.54) is 24.8 Å². The van der Waals surface area contributed by atoms with Crippen LogP contribution in [0.4, 0.5) is 0 Å². The van der Waals surface area contributed by atoms with Crippen LogP contribution in [0.5, 0.6) is 11.6 Å². The van der Waals surface area contributed by atoms with Crippen molar-refractivity contribution in [3.05, 3.63) is 83.9 Å². The van der Waals surface area contributed by atoms with E-state index in [-0.39, 0.29) is 5.91 Å². The van der Waals surface area contributed by atoms with Crippen LogP contribution >= 0.6 is 0 Å². The van der Waals surface area contributed by atoms with E-state index in [0.717, 1.165) is 18.4 Å². The molecular formula is C25H25N3O2. The van der Waals surface area contributed by atoms with Crippen molar-refractivity contribution in [2.75, 3.05) is 6.54 Å². The Morgan fingerprint density at radius 1 is 0.967 bits per heavy atom. The third-order valence-electron chi connectivity index (χ3n) is 5.14. The molecule has 1 amide bonds. The van der Waals surface area contributed by atoms with E-state index in [1.54, 1.807) is 6.07 Å². The summed E-state index contributed by atoms with van der Waals surface area (Å²) in [5.41, 5.74) is 3.62. The van der Waals surface area contributed by atoms with Crippen LogP contribution in [0.15, 0.2) is 78.4 Å². The SMILES string of the molecule is O=C(NCCC1=CCCCC1)c1cccc(-c2ccc(Oc3ccccc3)nn2)c1. The first kappa shape index (κ1) is 19.8. The lowest BCUT2D eigenvalue weighted by atomic mass is 9.97. The summed E-state index contributed by atoms with van der Waals surface area (Å²) in [5.74, 6) is 1.07. The van der Waals surface area contributed by atoms with Crippen LogP contribution in [-0.2, 0) is 0 Å². The fourth-order valence-corrected chi connectivity index (χ4v) is 3.53. The van der Waals surface area contributed by atoms with E-state index in [0.29, 0.717) is 29.4 Å². The second kappa shape index (κ2) is 9.83. The van der Waals surface area contributed by atoms with Gasteiger partial charge in [0.25, 0.3) is 5.91 Å². The van der Waals surface area contributed by atoms with Crippen LogP contribution in [0.25, 0.3) is 11.3 Å². The van der Waals surface area contributed by atoms with Crippen LogP contribution in [0.3, 0.4) is 0 Å². The van der Waals surface area contributed by atoms with Gasteiger partial charge in [0.05, 0.1) is 5.69 Å². The molecule has 2 aromatic carbocycles. The summed E-state index contributed by atoms with van der Waals surface area (Å²) in [6, 6.07) is 20.5. The predicted molar refractivity (Wildman–Crippen MR) is 117 cm³/mol. The van der Waals surface area contributed by atoms with Crippen LogP contribution in [0, 0.1) is 0 Å². The number of rotatable bonds is 7. The number of hydrogen-bond donors (Lipinski definition) is 1. The first-order chi connectivity index (χ1) is 14.8. The van der Waals surface area contributed by atoms with Crippen molar-refractivity contribution in [2.45, 2.75) is 32.1 Å². The van der Waals surface area contributed by atoms with E-state index in [2.05, 4.69) is 21.6 Å². The fraction of sp³-hybridized carbons (Fsp3) is 0.240. The normalized spacial score (nSPS) is 13.4. The maximum Gasteiger partial charge on any atom is 0.251 e. The first-order valence-corrected chi connectivity index (χ1v) is 10.4. The van der Waals surface area contributed by atoms with Crippen LogP contribution in [-0.4, -0.2) is 22.6 Å². The minimum absolute atomic E-state index is 0.0646. The Hall–Kier alpha value is -3.47. The fourth-order valence-electron chi connectivity index (χ4n) is 3.53. The zero-order chi connectivity index (χ0) is 20.6. The maximum absolute atomic E-state index is 12.5. The van der Waals surface area contributed by atoms with Gasteiger partial charge in [0, 0.05) is 23.7 Å². The molecule has 0 fully saturated rings. The van der Waals surface area contributed by atoms with E-state index < -0.39 is 0 Å². The van der Waals surface area contributed by atoms with Crippen LogP contribution in [0.1, 0.15) is 42.5 Å². The molecule has 5 nitrogen and oxygen atoms in total. The average Bonchev–Trinajstić information content (AvgIpc) is 2.81. The third-order valence-corrected chi connectivity index (χ3v) is 5.14. The summed E-state index contributed by atoms with van der Waals surface area (Å²) >= 11 is 0. The second-order valence-corrected chi connectivity index (χ2v) is 7.37. The van der Waals surface area contributed by atoms with Crippen molar-refractivity contribution < 1.29 is 9.53 Å². The lowest BCUT2D eigenvalue weighted by Crippen LogP contribution is -2.24. The highest BCUT2D eigenvalue weighted by molar-refractivity contribution is 5.95. The van der Waals surface area contributed by atoms with Gasteiger partial charge < -0.3 is 10.1 Å². The lowest BCUT2D eigenvalue weighted by Gasteiger charge is -2.13. The molecule has 1 heterocycles. The van der Waals surface area contributed by atoms with Gasteiger partial charge in [-0.25, -0.2) is 0 Å². The predicted octanol–water partition coefficient (Wildman–Crippen LogP) is 5.56. The number of carbonyl (C=O) groups excluding carboxylic acids is 1. The van der Waals surface area contributed by atoms with Gasteiger partial charge in [-0.2, -0.15) is 0 Å². The first-order valence-electron chi connectivity index (χ1n) is 10.4. The number of benzene rings is 2. The smallest absolute Gasteiger partial charge is 0.251 e. The van der Waals surface area contributed by atoms with Crippen molar-refractivity contribution in [1.82, 2.24) is 15.5 Å². The van der Waals surface area contributed by atoms with E-state index in [9.17, 15) is 4.79 Å². The van der Waals surface area contributed by atoms with E-state index in [4.69, 9.17) is 4.74 Å². The number of hydrogen-bond acceptors (Lipinski definition) is 4. The quantitative estimate of drug-likeness (QED) is 0.529. The zero-order valence-electron chi connectivity index (χ0n) is 16.9. The molecular weight excluding hydrogens is 374 g/mol. The molecule has 1 aromatic heterocycles. The van der Waals surface area contributed by atoms with Gasteiger partial charge in [-0.05, 0) is 62.4 Å². The molecule has 3 aromatic rings. The number of nitrogens with one attached hydrogen (secondary N) is 1. The van der Waals surface area contributed by atoms with Gasteiger partial charge in [-0.15, -0.1) is 10.2 Å². The molecule has 1 aliphatic rings. The van der Waals surface area contributed by atoms with Crippen molar-refractivity contribution in [2.24, 2.45) is 0 Å². The van der Waals surface area contributed by atoms with E-state index in [1.807, 2.05) is 60.7 Å². The van der Waals surface area contributed by atoms with Gasteiger partial charge in [0.15, 0.2) is 0 Å². The Balaban J connectivity index is 1.37. The minimum Gasteiger partial charge on any atom is -0.438 e. The van der Waals surface area contributed by atoms with Gasteiger partial charge in [-0.3, -0.25) is 4.79 Å². The van der Waals surface area contributed by atoms with Crippen LogP contribution < -0.4 is 10.1 Å². The molecule has 0 unspecified atom stereocenters. The molecule has 152 valence electrons. The van der Waals surface area contributed by atoms with Gasteiger partial charge in [0.1, 0.15) is 5.75 Å². The molecule has 5 heteroatoms. The number of allylic oxidation sites excluding steroid dienone is 1. The molecule has 1 N–H and O–H groups in total. The number of amides is 1. The number of ether oxygens (including phenoxy) is 1. The summed E-state index contributed by atoms with van der Waals surface area (Å²) in [7, 11) is 0. The Labute approximate surface area is 176 Å². The molecule has 0 spiro atoms. The molecule has 0 bridgehead atoms. The largest absolute Gasteiger partial charge is 0.438 e. The van der Waals surface area contributed by atoms with Gasteiger partial charge in [0.2, 0.25) is 5.88 Å². The van der Waals surface area contributed by atoms with Crippen LogP contribution in [0.2, 0.25) is 0 Å². The summed E-state index contributed by atoms with van der Waals surface area (Å²) in [6.07, 6.45) is 8.12. The Morgan fingerprint density at radius 3 is 2.63 bits per heavy atom. The monoisotopic (exact) mass is 399 g/mol. The topological polar surface area (TPSA) is 64.1 Å². The highest BCUT2D eigenvalue weighted by atomic mass is 16.5. The maximum atomic E-state index is 12.5. The number of aromatic nitrogens is 2. The summed E-state index contributed by atoms with van der Waals surface area (Å²) < 4.78 is 5.68. The highest BCUT2D eigenvalue weighted by Gasteiger charge is 2.10. The highest BCUT2D eigenvalue weighted by Crippen LogP contribution is 2.22. The molecule has 4 rings (SSSR count). The van der Waals surface area contributed by atoms with Gasteiger partial charge >= 0.3 is 0 Å². The molecule has 0 saturated carbocycles. The Morgan fingerprint density at radius 2 is 1.87 bits per heavy atom. The third kappa shape index (κ3) is 5.32. The standard InChI is InChI=1S/C25H25N3O2/c29-25(26-17-16-19-8-3-1-4-9-19)21-11-7-10-20(18-21)23-14-15-24(28-27-23)30-22-12-5-2-6-13-22/h2,5-8,10-15,18H,1,3-4,9,16-17H2,(H,26,29). The molecule has 1 aliphatic carbocycles. The zero-order valence-corrected chi connectivity index (χ0v) is 16.9. The Kier molecular flexibility index (Phi) is 6.50. The van der Waals surface area contributed by atoms with Gasteiger partial charge in [-0.1, -0.05) is 42.0 Å². The molecule has 0 aliphatic heterocycles. The number of carbonyl (C=O) groups is 1. The second-order valence-electron chi connectivity index (χ2n) is 7.37. The average molecular weight is 399 g/mol. The van der Waals surface area contributed by atoms with Crippen molar-refractivity contribution in [3.63, 3.8) is 0 Å². The Bertz CT molecular complexity index is 1010. The summed E-state index contributed by atoms with van der Waals surface area (Å²) in [5, 5.41) is 11.4. The van der Waals surface area contributed by atoms with Crippen molar-refractivity contribution in [3.8, 4) is 22.9 Å². The number of nitrogens with zero attached hydrogens (tertiary/aromatic N) is 2. The number of para-hydroxylation sites is 1. The van der Waals surface area contributed by atoms with Crippen molar-refractivity contribution in [1.29, 1.82) is 0 Å². The molecule has 0 saturated heterocycles. The summed E-state index contributed by atoms with van der Waals surface area (Å²) in [4.78, 5) is 12.5. The molecule has 0 radical (unpaired) electrons. The summed E-state index contributed by atoms with van der Waals surface area (Å²) in [6.45, 7) is 0.667. The van der Waals surface area contributed by atoms with Crippen molar-refractivity contribution >= 4 is 5.91 Å². The molecule has 0 atom stereocenters. The lowest BCUT2D eigenvalue weighted by molar-refractivity contribution is 0.0954. The minimum atomic E-state index is -0.0646. The molecule has 30 heavy (non-hydrogen) atoms.